The number of aromatic nitrogens is 1. The average molecular weight is 220 g/mol. The Balaban J connectivity index is 1.89. The van der Waals surface area contributed by atoms with Crippen LogP contribution in [0.3, 0.4) is 0 Å². The maximum Gasteiger partial charge on any atom is 0.189 e. The van der Waals surface area contributed by atoms with Crippen LogP contribution in [0.1, 0.15) is 25.0 Å². The zero-order valence-corrected chi connectivity index (χ0v) is 9.06. The van der Waals surface area contributed by atoms with Crippen molar-refractivity contribution in [3.8, 4) is 5.75 Å². The topological polar surface area (TPSA) is 83.5 Å². The molecule has 5 nitrogen and oxygen atoms in total. The van der Waals surface area contributed by atoms with Crippen LogP contribution in [-0.2, 0) is 6.54 Å². The lowest BCUT2D eigenvalue weighted by molar-refractivity contribution is 0.382. The van der Waals surface area contributed by atoms with Gasteiger partial charge in [0, 0.05) is 12.2 Å². The van der Waals surface area contributed by atoms with E-state index in [-0.39, 0.29) is 5.75 Å². The van der Waals surface area contributed by atoms with E-state index in [0.29, 0.717) is 24.2 Å². The number of aromatic hydroxyl groups is 1. The lowest BCUT2D eigenvalue weighted by Crippen LogP contribution is -2.43. The van der Waals surface area contributed by atoms with Crippen molar-refractivity contribution < 1.29 is 5.11 Å². The van der Waals surface area contributed by atoms with Crippen molar-refractivity contribution in [3.05, 3.63) is 24.0 Å². The first-order chi connectivity index (χ1) is 7.75. The number of guanidine groups is 1. The molecule has 0 aliphatic heterocycles. The van der Waals surface area contributed by atoms with Crippen LogP contribution in [0.25, 0.3) is 0 Å². The molecule has 1 aliphatic rings. The smallest absolute Gasteiger partial charge is 0.189 e. The zero-order valence-electron chi connectivity index (χ0n) is 9.06. The Labute approximate surface area is 94.4 Å². The summed E-state index contributed by atoms with van der Waals surface area (Å²) in [4.78, 5) is 8.16. The molecule has 1 heterocycles. The van der Waals surface area contributed by atoms with Gasteiger partial charge in [0.1, 0.15) is 11.4 Å². The third kappa shape index (κ3) is 2.62. The van der Waals surface area contributed by atoms with Crippen molar-refractivity contribution in [1.29, 1.82) is 0 Å². The lowest BCUT2D eigenvalue weighted by atomic mass is 9.93. The van der Waals surface area contributed by atoms with E-state index < -0.39 is 0 Å². The Bertz CT molecular complexity index is 387. The predicted octanol–water partition coefficient (Wildman–Crippen LogP) is 0.744. The van der Waals surface area contributed by atoms with Gasteiger partial charge in [-0.2, -0.15) is 0 Å². The van der Waals surface area contributed by atoms with E-state index in [0.717, 1.165) is 12.8 Å². The molecule has 0 saturated heterocycles. The summed E-state index contributed by atoms with van der Waals surface area (Å²) in [6.45, 7) is 0.304. The molecule has 0 atom stereocenters. The minimum absolute atomic E-state index is 0.155. The van der Waals surface area contributed by atoms with Crippen LogP contribution in [0.4, 0.5) is 0 Å². The van der Waals surface area contributed by atoms with E-state index in [4.69, 9.17) is 5.73 Å². The van der Waals surface area contributed by atoms with Crippen LogP contribution in [-0.4, -0.2) is 22.1 Å². The van der Waals surface area contributed by atoms with Gasteiger partial charge in [-0.05, 0) is 31.4 Å². The Kier molecular flexibility index (Phi) is 3.24. The molecule has 0 unspecified atom stereocenters. The maximum absolute atomic E-state index is 9.47. The summed E-state index contributed by atoms with van der Waals surface area (Å²) in [6.07, 6.45) is 5.20. The molecule has 2 rings (SSSR count). The fraction of sp³-hybridized carbons (Fsp3) is 0.455. The molecule has 5 heteroatoms. The molecule has 0 spiro atoms. The van der Waals surface area contributed by atoms with E-state index in [9.17, 15) is 5.11 Å². The molecule has 16 heavy (non-hydrogen) atoms. The third-order valence-electron chi connectivity index (χ3n) is 2.72. The molecule has 0 radical (unpaired) electrons. The summed E-state index contributed by atoms with van der Waals surface area (Å²) < 4.78 is 0. The van der Waals surface area contributed by atoms with Gasteiger partial charge in [-0.1, -0.05) is 0 Å². The summed E-state index contributed by atoms with van der Waals surface area (Å²) in [5.74, 6) is 0.581. The molecule has 1 saturated carbocycles. The first-order valence-corrected chi connectivity index (χ1v) is 5.45. The normalized spacial score (nSPS) is 16.9. The highest BCUT2D eigenvalue weighted by atomic mass is 16.3. The van der Waals surface area contributed by atoms with Crippen molar-refractivity contribution in [1.82, 2.24) is 10.3 Å². The number of nitrogens with zero attached hydrogens (tertiary/aromatic N) is 2. The van der Waals surface area contributed by atoms with Gasteiger partial charge in [-0.25, -0.2) is 4.99 Å². The molecule has 1 aromatic heterocycles. The highest BCUT2D eigenvalue weighted by Gasteiger charge is 2.17. The molecule has 1 fully saturated rings. The first-order valence-electron chi connectivity index (χ1n) is 5.45. The fourth-order valence-corrected chi connectivity index (χ4v) is 1.52. The summed E-state index contributed by atoms with van der Waals surface area (Å²) in [5, 5.41) is 12.6. The van der Waals surface area contributed by atoms with Crippen LogP contribution < -0.4 is 11.1 Å². The standard InChI is InChI=1S/C11H16N4O/c12-11(15-8-3-1-4-8)14-7-9-10(16)5-2-6-13-9/h2,5-6,8,16H,1,3-4,7H2,(H3,12,14,15). The minimum atomic E-state index is 0.155. The van der Waals surface area contributed by atoms with E-state index in [2.05, 4.69) is 15.3 Å². The van der Waals surface area contributed by atoms with Crippen LogP contribution in [0.5, 0.6) is 5.75 Å². The SMILES string of the molecule is NC(=NCc1ncccc1O)NC1CCC1. The van der Waals surface area contributed by atoms with Gasteiger partial charge in [0.05, 0.1) is 6.54 Å². The number of hydrogen-bond donors (Lipinski definition) is 3. The van der Waals surface area contributed by atoms with Gasteiger partial charge in [0.25, 0.3) is 0 Å². The molecule has 0 amide bonds. The lowest BCUT2D eigenvalue weighted by Gasteiger charge is -2.26. The van der Waals surface area contributed by atoms with Crippen molar-refractivity contribution in [2.75, 3.05) is 0 Å². The number of nitrogens with one attached hydrogen (secondary N) is 1. The Morgan fingerprint density at radius 1 is 1.62 bits per heavy atom. The number of pyridine rings is 1. The molecule has 1 aromatic rings. The average Bonchev–Trinajstić information content (AvgIpc) is 2.22. The van der Waals surface area contributed by atoms with Crippen molar-refractivity contribution >= 4 is 5.96 Å². The number of nitrogens with two attached hydrogens (primary N) is 1. The Hall–Kier alpha value is -1.78. The summed E-state index contributed by atoms with van der Waals surface area (Å²) in [6, 6.07) is 3.74. The highest BCUT2D eigenvalue weighted by molar-refractivity contribution is 5.78. The van der Waals surface area contributed by atoms with E-state index >= 15 is 0 Å². The Morgan fingerprint density at radius 2 is 2.44 bits per heavy atom. The highest BCUT2D eigenvalue weighted by Crippen LogP contribution is 2.17. The fourth-order valence-electron chi connectivity index (χ4n) is 1.52. The molecule has 86 valence electrons. The first kappa shape index (κ1) is 10.7. The second-order valence-corrected chi connectivity index (χ2v) is 3.94. The molecule has 4 N–H and O–H groups in total. The van der Waals surface area contributed by atoms with Crippen molar-refractivity contribution in [3.63, 3.8) is 0 Å². The maximum atomic E-state index is 9.47. The zero-order chi connectivity index (χ0) is 11.4. The van der Waals surface area contributed by atoms with Gasteiger partial charge in [0.15, 0.2) is 5.96 Å². The summed E-state index contributed by atoms with van der Waals surface area (Å²) in [7, 11) is 0. The second-order valence-electron chi connectivity index (χ2n) is 3.94. The van der Waals surface area contributed by atoms with Gasteiger partial charge < -0.3 is 16.2 Å². The van der Waals surface area contributed by atoms with Crippen LogP contribution in [0, 0.1) is 0 Å². The second kappa shape index (κ2) is 4.83. The molecule has 1 aliphatic carbocycles. The minimum Gasteiger partial charge on any atom is -0.506 e. The molecular weight excluding hydrogens is 204 g/mol. The number of aliphatic imine (C=N–C) groups is 1. The monoisotopic (exact) mass is 220 g/mol. The molecule has 0 aromatic carbocycles. The van der Waals surface area contributed by atoms with Crippen molar-refractivity contribution in [2.24, 2.45) is 10.7 Å². The third-order valence-corrected chi connectivity index (χ3v) is 2.72. The summed E-state index contributed by atoms with van der Waals surface area (Å²) in [5.41, 5.74) is 6.25. The largest absolute Gasteiger partial charge is 0.506 e. The van der Waals surface area contributed by atoms with E-state index in [1.54, 1.807) is 18.3 Å². The number of rotatable bonds is 3. The quantitative estimate of drug-likeness (QED) is 0.518. The van der Waals surface area contributed by atoms with Crippen molar-refractivity contribution in [2.45, 2.75) is 31.8 Å². The molecular formula is C11H16N4O. The van der Waals surface area contributed by atoms with Crippen LogP contribution in [0.15, 0.2) is 23.3 Å². The van der Waals surface area contributed by atoms with Gasteiger partial charge in [0.2, 0.25) is 0 Å². The van der Waals surface area contributed by atoms with Gasteiger partial charge in [-0.3, -0.25) is 4.98 Å². The summed E-state index contributed by atoms with van der Waals surface area (Å²) >= 11 is 0. The predicted molar refractivity (Wildman–Crippen MR) is 62.0 cm³/mol. The van der Waals surface area contributed by atoms with Gasteiger partial charge in [-0.15, -0.1) is 0 Å². The van der Waals surface area contributed by atoms with Crippen LogP contribution >= 0.6 is 0 Å². The van der Waals surface area contributed by atoms with E-state index in [1.165, 1.54) is 6.42 Å². The van der Waals surface area contributed by atoms with E-state index in [1.807, 2.05) is 0 Å². The number of hydrogen-bond acceptors (Lipinski definition) is 3. The Morgan fingerprint density at radius 3 is 3.06 bits per heavy atom. The van der Waals surface area contributed by atoms with Gasteiger partial charge >= 0.3 is 0 Å². The molecule has 0 bridgehead atoms. The van der Waals surface area contributed by atoms with Crippen LogP contribution in [0.2, 0.25) is 0 Å².